The molecule has 0 bridgehead atoms. The van der Waals surface area contributed by atoms with Gasteiger partial charge in [0.05, 0.1) is 39.3 Å². The fraction of sp³-hybridized carbons (Fsp3) is 0.593. The number of aryl methyl sites for hydroxylation is 1. The van der Waals surface area contributed by atoms with Crippen LogP contribution in [0.1, 0.15) is 79.6 Å². The number of amides is 1. The topological polar surface area (TPSA) is 117 Å². The molecular formula is C27H39N3O6S. The zero-order valence-electron chi connectivity index (χ0n) is 22.5. The SMILES string of the molecule is CCc1nn(CC(C)(C)COC(=O)c2ccc(S(=O)(=O)C(C)C)cc2)c2c1C(=O)NCCCOCCC2. The minimum atomic E-state index is -3.41. The minimum absolute atomic E-state index is 0.104. The van der Waals surface area contributed by atoms with Crippen LogP contribution < -0.4 is 5.32 Å². The number of rotatable bonds is 8. The van der Waals surface area contributed by atoms with Crippen molar-refractivity contribution < 1.29 is 27.5 Å². The molecule has 0 saturated heterocycles. The van der Waals surface area contributed by atoms with Gasteiger partial charge in [-0.2, -0.15) is 5.10 Å². The van der Waals surface area contributed by atoms with E-state index in [4.69, 9.17) is 14.6 Å². The molecule has 2 heterocycles. The fourth-order valence-electron chi connectivity index (χ4n) is 4.20. The molecule has 2 aromatic rings. The largest absolute Gasteiger partial charge is 0.461 e. The molecule has 0 aliphatic carbocycles. The Bertz CT molecular complexity index is 1200. The van der Waals surface area contributed by atoms with Crippen LogP contribution in [0.2, 0.25) is 0 Å². The second-order valence-electron chi connectivity index (χ2n) is 10.5. The van der Waals surface area contributed by atoms with E-state index in [9.17, 15) is 18.0 Å². The lowest BCUT2D eigenvalue weighted by atomic mass is 9.94. The molecule has 3 rings (SSSR count). The van der Waals surface area contributed by atoms with E-state index in [1.165, 1.54) is 24.3 Å². The molecule has 1 aliphatic heterocycles. The van der Waals surface area contributed by atoms with E-state index < -0.39 is 26.5 Å². The summed E-state index contributed by atoms with van der Waals surface area (Å²) in [5.41, 5.74) is 2.10. The highest BCUT2D eigenvalue weighted by molar-refractivity contribution is 7.92. The molecule has 1 aromatic heterocycles. The predicted molar refractivity (Wildman–Crippen MR) is 141 cm³/mol. The third kappa shape index (κ3) is 7.19. The molecule has 37 heavy (non-hydrogen) atoms. The molecule has 10 heteroatoms. The van der Waals surface area contributed by atoms with E-state index >= 15 is 0 Å². The predicted octanol–water partition coefficient (Wildman–Crippen LogP) is 3.59. The number of hydrogen-bond donors (Lipinski definition) is 1. The van der Waals surface area contributed by atoms with Gasteiger partial charge in [-0.25, -0.2) is 13.2 Å². The number of nitrogens with one attached hydrogen (secondary N) is 1. The normalized spacial score (nSPS) is 15.6. The van der Waals surface area contributed by atoms with E-state index in [2.05, 4.69) is 5.32 Å². The fourth-order valence-corrected chi connectivity index (χ4v) is 5.26. The molecule has 0 saturated carbocycles. The monoisotopic (exact) mass is 533 g/mol. The molecule has 0 fully saturated rings. The van der Waals surface area contributed by atoms with Crippen molar-refractivity contribution in [3.63, 3.8) is 0 Å². The molecule has 0 radical (unpaired) electrons. The molecule has 1 amide bonds. The number of nitrogens with zero attached hydrogens (tertiary/aromatic N) is 2. The number of aromatic nitrogens is 2. The third-order valence-corrected chi connectivity index (χ3v) is 8.53. The quantitative estimate of drug-likeness (QED) is 0.516. The number of benzene rings is 1. The smallest absolute Gasteiger partial charge is 0.338 e. The maximum absolute atomic E-state index is 13.0. The van der Waals surface area contributed by atoms with E-state index in [-0.39, 0.29) is 23.0 Å². The van der Waals surface area contributed by atoms with Crippen LogP contribution in [0, 0.1) is 5.41 Å². The van der Waals surface area contributed by atoms with Crippen molar-refractivity contribution in [3.05, 3.63) is 46.8 Å². The van der Waals surface area contributed by atoms with Crippen LogP contribution in [0.15, 0.2) is 29.2 Å². The van der Waals surface area contributed by atoms with Crippen LogP contribution in [0.4, 0.5) is 0 Å². The second-order valence-corrected chi connectivity index (χ2v) is 13.0. The summed E-state index contributed by atoms with van der Waals surface area (Å²) >= 11 is 0. The Morgan fingerprint density at radius 3 is 2.51 bits per heavy atom. The molecule has 0 atom stereocenters. The van der Waals surface area contributed by atoms with Gasteiger partial charge >= 0.3 is 5.97 Å². The summed E-state index contributed by atoms with van der Waals surface area (Å²) < 4.78 is 37.8. The summed E-state index contributed by atoms with van der Waals surface area (Å²) in [5.74, 6) is -0.626. The van der Waals surface area contributed by atoms with Crippen LogP contribution in [0.3, 0.4) is 0 Å². The molecular weight excluding hydrogens is 494 g/mol. The number of ether oxygens (including phenoxy) is 2. The van der Waals surface area contributed by atoms with Gasteiger partial charge < -0.3 is 14.8 Å². The van der Waals surface area contributed by atoms with Crippen LogP contribution in [-0.2, 0) is 38.7 Å². The third-order valence-electron chi connectivity index (χ3n) is 6.36. The highest BCUT2D eigenvalue weighted by atomic mass is 32.2. The lowest BCUT2D eigenvalue weighted by Crippen LogP contribution is -2.29. The van der Waals surface area contributed by atoms with Crippen LogP contribution in [-0.4, -0.2) is 61.7 Å². The van der Waals surface area contributed by atoms with Crippen LogP contribution >= 0.6 is 0 Å². The number of fused-ring (bicyclic) bond motifs is 1. The Morgan fingerprint density at radius 2 is 1.86 bits per heavy atom. The lowest BCUT2D eigenvalue weighted by molar-refractivity contribution is 0.0304. The van der Waals surface area contributed by atoms with E-state index in [1.807, 2.05) is 25.5 Å². The van der Waals surface area contributed by atoms with Gasteiger partial charge in [0.25, 0.3) is 5.91 Å². The number of hydrogen-bond acceptors (Lipinski definition) is 7. The van der Waals surface area contributed by atoms with Crippen molar-refractivity contribution in [2.24, 2.45) is 5.41 Å². The maximum Gasteiger partial charge on any atom is 0.338 e. The molecule has 204 valence electrons. The zero-order chi connectivity index (χ0) is 27.2. The summed E-state index contributed by atoms with van der Waals surface area (Å²) in [6, 6.07) is 5.83. The first kappa shape index (κ1) is 28.8. The summed E-state index contributed by atoms with van der Waals surface area (Å²) in [5, 5.41) is 7.21. The van der Waals surface area contributed by atoms with Crippen molar-refractivity contribution in [2.75, 3.05) is 26.4 Å². The molecule has 0 spiro atoms. The molecule has 1 N–H and O–H groups in total. The standard InChI is InChI=1S/C27H39N3O6S/c1-6-22-24-23(9-7-15-35-16-8-14-28-25(24)31)30(29-22)17-27(4,5)18-36-26(32)20-10-12-21(13-11-20)37(33,34)19(2)3/h10-13,19H,6-9,14-18H2,1-5H3,(H,28,31). The van der Waals surface area contributed by atoms with Gasteiger partial charge in [0.2, 0.25) is 0 Å². The maximum atomic E-state index is 13.0. The summed E-state index contributed by atoms with van der Waals surface area (Å²) in [7, 11) is -3.41. The van der Waals surface area contributed by atoms with Gasteiger partial charge in [-0.05, 0) is 63.8 Å². The number of carbonyl (C=O) groups excluding carboxylic acids is 2. The van der Waals surface area contributed by atoms with Crippen molar-refractivity contribution in [3.8, 4) is 0 Å². The Morgan fingerprint density at radius 1 is 1.19 bits per heavy atom. The first-order chi connectivity index (χ1) is 17.5. The minimum Gasteiger partial charge on any atom is -0.461 e. The summed E-state index contributed by atoms with van der Waals surface area (Å²) in [4.78, 5) is 25.8. The first-order valence-corrected chi connectivity index (χ1v) is 14.5. The zero-order valence-corrected chi connectivity index (χ0v) is 23.3. The molecule has 1 aromatic carbocycles. The Balaban J connectivity index is 1.73. The second kappa shape index (κ2) is 12.2. The van der Waals surface area contributed by atoms with Gasteiger partial charge in [-0.3, -0.25) is 9.48 Å². The van der Waals surface area contributed by atoms with E-state index in [0.29, 0.717) is 44.7 Å². The van der Waals surface area contributed by atoms with Crippen molar-refractivity contribution >= 4 is 21.7 Å². The summed E-state index contributed by atoms with van der Waals surface area (Å²) in [6.07, 6.45) is 2.85. The highest BCUT2D eigenvalue weighted by Gasteiger charge is 2.28. The highest BCUT2D eigenvalue weighted by Crippen LogP contribution is 2.25. The molecule has 1 aliphatic rings. The lowest BCUT2D eigenvalue weighted by Gasteiger charge is -2.25. The Hall–Kier alpha value is -2.72. The van der Waals surface area contributed by atoms with Gasteiger partial charge in [0.1, 0.15) is 0 Å². The van der Waals surface area contributed by atoms with E-state index in [1.54, 1.807) is 13.8 Å². The molecule has 9 nitrogen and oxygen atoms in total. The average molecular weight is 534 g/mol. The van der Waals surface area contributed by atoms with Crippen molar-refractivity contribution in [1.29, 1.82) is 0 Å². The van der Waals surface area contributed by atoms with Crippen molar-refractivity contribution in [2.45, 2.75) is 77.0 Å². The van der Waals surface area contributed by atoms with Gasteiger partial charge in [0.15, 0.2) is 9.84 Å². The van der Waals surface area contributed by atoms with E-state index in [0.717, 1.165) is 24.2 Å². The number of esters is 1. The number of carbonyl (C=O) groups is 2. The Labute approximate surface area is 219 Å². The Kier molecular flexibility index (Phi) is 9.52. The number of sulfone groups is 1. The van der Waals surface area contributed by atoms with Crippen LogP contribution in [0.25, 0.3) is 0 Å². The van der Waals surface area contributed by atoms with Crippen LogP contribution in [0.5, 0.6) is 0 Å². The van der Waals surface area contributed by atoms with Gasteiger partial charge in [-0.15, -0.1) is 0 Å². The summed E-state index contributed by atoms with van der Waals surface area (Å²) in [6.45, 7) is 11.6. The van der Waals surface area contributed by atoms with Gasteiger partial charge in [0, 0.05) is 31.7 Å². The first-order valence-electron chi connectivity index (χ1n) is 12.9. The average Bonchev–Trinajstić information content (AvgIpc) is 3.18. The van der Waals surface area contributed by atoms with Crippen molar-refractivity contribution in [1.82, 2.24) is 15.1 Å². The van der Waals surface area contributed by atoms with Gasteiger partial charge in [-0.1, -0.05) is 20.8 Å². The molecule has 0 unspecified atom stereocenters.